The summed E-state index contributed by atoms with van der Waals surface area (Å²) in [6.07, 6.45) is 0.285. The number of rotatable bonds is 4. The summed E-state index contributed by atoms with van der Waals surface area (Å²) in [6.45, 7) is 5.82. The van der Waals surface area contributed by atoms with E-state index in [0.29, 0.717) is 30.0 Å². The van der Waals surface area contributed by atoms with Crippen LogP contribution < -0.4 is 15.4 Å². The highest BCUT2D eigenvalue weighted by Gasteiger charge is 2.32. The van der Waals surface area contributed by atoms with Crippen LogP contribution in [0, 0.1) is 0 Å². The van der Waals surface area contributed by atoms with Crippen LogP contribution in [-0.2, 0) is 4.79 Å². The summed E-state index contributed by atoms with van der Waals surface area (Å²) >= 11 is 0. The molecule has 0 saturated heterocycles. The third-order valence-electron chi connectivity index (χ3n) is 3.30. The maximum Gasteiger partial charge on any atom is 0.251 e. The first-order chi connectivity index (χ1) is 10.3. The van der Waals surface area contributed by atoms with E-state index < -0.39 is 5.60 Å². The van der Waals surface area contributed by atoms with Crippen LogP contribution in [0.5, 0.6) is 5.75 Å². The summed E-state index contributed by atoms with van der Waals surface area (Å²) in [6, 6.07) is 4.83. The van der Waals surface area contributed by atoms with Gasteiger partial charge in [-0.1, -0.05) is 0 Å². The first-order valence-electron chi connectivity index (χ1n) is 7.17. The van der Waals surface area contributed by atoms with Crippen LogP contribution in [0.2, 0.25) is 0 Å². The highest BCUT2D eigenvalue weighted by molar-refractivity contribution is 6.03. The summed E-state index contributed by atoms with van der Waals surface area (Å²) in [4.78, 5) is 34.9. The van der Waals surface area contributed by atoms with Gasteiger partial charge in [0.1, 0.15) is 11.4 Å². The topological polar surface area (TPSA) is 84.5 Å². The molecule has 1 aromatic rings. The number of benzene rings is 1. The molecule has 0 atom stereocenters. The van der Waals surface area contributed by atoms with E-state index in [4.69, 9.17) is 4.74 Å². The number of ketones is 1. The number of carbonyl (C=O) groups excluding carboxylic acids is 3. The van der Waals surface area contributed by atoms with Crippen molar-refractivity contribution in [3.63, 3.8) is 0 Å². The van der Waals surface area contributed by atoms with Crippen molar-refractivity contribution in [2.24, 2.45) is 0 Å². The minimum Gasteiger partial charge on any atom is -0.487 e. The Morgan fingerprint density at radius 2 is 1.91 bits per heavy atom. The van der Waals surface area contributed by atoms with E-state index in [-0.39, 0.29) is 24.0 Å². The maximum atomic E-state index is 12.2. The monoisotopic (exact) mass is 304 g/mol. The summed E-state index contributed by atoms with van der Waals surface area (Å²) in [5, 5.41) is 5.28. The summed E-state index contributed by atoms with van der Waals surface area (Å²) in [7, 11) is 0. The van der Waals surface area contributed by atoms with E-state index in [1.807, 2.05) is 13.8 Å². The van der Waals surface area contributed by atoms with E-state index in [1.54, 1.807) is 18.2 Å². The van der Waals surface area contributed by atoms with Gasteiger partial charge in [0.2, 0.25) is 5.91 Å². The van der Waals surface area contributed by atoms with Crippen LogP contribution in [0.3, 0.4) is 0 Å². The summed E-state index contributed by atoms with van der Waals surface area (Å²) < 4.78 is 5.75. The van der Waals surface area contributed by atoms with Gasteiger partial charge in [-0.3, -0.25) is 14.4 Å². The molecule has 2 N–H and O–H groups in total. The molecule has 0 aromatic heterocycles. The van der Waals surface area contributed by atoms with Gasteiger partial charge in [0.15, 0.2) is 5.78 Å². The van der Waals surface area contributed by atoms with Crippen molar-refractivity contribution in [2.45, 2.75) is 32.8 Å². The minimum atomic E-state index is -0.522. The Labute approximate surface area is 129 Å². The zero-order valence-electron chi connectivity index (χ0n) is 13.0. The summed E-state index contributed by atoms with van der Waals surface area (Å²) in [5.74, 6) is 0.0503. The molecule has 0 radical (unpaired) electrons. The third-order valence-corrected chi connectivity index (χ3v) is 3.30. The normalized spacial score (nSPS) is 15.5. The number of ether oxygens (including phenoxy) is 1. The van der Waals surface area contributed by atoms with Gasteiger partial charge in [0.05, 0.1) is 12.0 Å². The zero-order chi connectivity index (χ0) is 16.3. The Balaban J connectivity index is 2.05. The third kappa shape index (κ3) is 3.84. The number of hydrogen-bond acceptors (Lipinski definition) is 4. The largest absolute Gasteiger partial charge is 0.487 e. The number of Topliss-reactive ketones (excluding diaryl/α,β-unsaturated/α-hetero) is 1. The van der Waals surface area contributed by atoms with Crippen LogP contribution in [0.1, 0.15) is 47.9 Å². The SMILES string of the molecule is CC(=O)NCCNC(=O)c1ccc2c(c1)C(=O)CC(C)(C)O2. The Kier molecular flexibility index (Phi) is 4.49. The molecule has 118 valence electrons. The Morgan fingerprint density at radius 3 is 2.59 bits per heavy atom. The first kappa shape index (κ1) is 16.0. The molecule has 0 saturated carbocycles. The molecule has 6 heteroatoms. The van der Waals surface area contributed by atoms with Gasteiger partial charge in [0.25, 0.3) is 5.91 Å². The number of nitrogens with one attached hydrogen (secondary N) is 2. The Bertz CT molecular complexity index is 623. The van der Waals surface area contributed by atoms with Gasteiger partial charge in [-0.15, -0.1) is 0 Å². The molecule has 22 heavy (non-hydrogen) atoms. The quantitative estimate of drug-likeness (QED) is 0.821. The van der Waals surface area contributed by atoms with Gasteiger partial charge >= 0.3 is 0 Å². The number of carbonyl (C=O) groups is 3. The highest BCUT2D eigenvalue weighted by atomic mass is 16.5. The molecule has 2 rings (SSSR count). The lowest BCUT2D eigenvalue weighted by atomic mass is 9.92. The van der Waals surface area contributed by atoms with E-state index >= 15 is 0 Å². The Morgan fingerprint density at radius 1 is 1.23 bits per heavy atom. The lowest BCUT2D eigenvalue weighted by Gasteiger charge is -2.31. The summed E-state index contributed by atoms with van der Waals surface area (Å²) in [5.41, 5.74) is 0.318. The smallest absolute Gasteiger partial charge is 0.251 e. The van der Waals surface area contributed by atoms with E-state index in [2.05, 4.69) is 10.6 Å². The molecule has 1 aliphatic rings. The molecule has 1 aromatic carbocycles. The molecule has 2 amide bonds. The molecule has 0 fully saturated rings. The van der Waals surface area contributed by atoms with Crippen molar-refractivity contribution in [3.8, 4) is 5.75 Å². The van der Waals surface area contributed by atoms with Gasteiger partial charge < -0.3 is 15.4 Å². The average molecular weight is 304 g/mol. The van der Waals surface area contributed by atoms with Crippen molar-refractivity contribution in [2.75, 3.05) is 13.1 Å². The predicted octanol–water partition coefficient (Wildman–Crippen LogP) is 1.30. The molecule has 0 unspecified atom stereocenters. The lowest BCUT2D eigenvalue weighted by molar-refractivity contribution is -0.118. The average Bonchev–Trinajstić information content (AvgIpc) is 2.41. The molecule has 0 aliphatic carbocycles. The van der Waals surface area contributed by atoms with Crippen molar-refractivity contribution in [1.29, 1.82) is 0 Å². The maximum absolute atomic E-state index is 12.2. The molecule has 1 aliphatic heterocycles. The number of hydrogen-bond donors (Lipinski definition) is 2. The molecular formula is C16H20N2O4. The van der Waals surface area contributed by atoms with E-state index in [0.717, 1.165) is 0 Å². The molecule has 0 bridgehead atoms. The van der Waals surface area contributed by atoms with Crippen LogP contribution in [0.15, 0.2) is 18.2 Å². The predicted molar refractivity (Wildman–Crippen MR) is 81.1 cm³/mol. The van der Waals surface area contributed by atoms with Crippen LogP contribution in [0.4, 0.5) is 0 Å². The van der Waals surface area contributed by atoms with Gasteiger partial charge in [0, 0.05) is 25.6 Å². The minimum absolute atomic E-state index is 0.0286. The molecule has 0 spiro atoms. The molecular weight excluding hydrogens is 284 g/mol. The zero-order valence-corrected chi connectivity index (χ0v) is 13.0. The Hall–Kier alpha value is -2.37. The van der Waals surface area contributed by atoms with E-state index in [9.17, 15) is 14.4 Å². The number of fused-ring (bicyclic) bond motifs is 1. The molecule has 6 nitrogen and oxygen atoms in total. The standard InChI is InChI=1S/C16H20N2O4/c1-10(19)17-6-7-18-15(21)11-4-5-14-12(8-11)13(20)9-16(2,3)22-14/h4-5,8H,6-7,9H2,1-3H3,(H,17,19)(H,18,21). The second-order valence-electron chi connectivity index (χ2n) is 5.91. The van der Waals surface area contributed by atoms with Crippen molar-refractivity contribution < 1.29 is 19.1 Å². The van der Waals surface area contributed by atoms with Crippen LogP contribution in [-0.4, -0.2) is 36.3 Å². The van der Waals surface area contributed by atoms with Crippen molar-refractivity contribution >= 4 is 17.6 Å². The first-order valence-corrected chi connectivity index (χ1v) is 7.17. The molecule has 1 heterocycles. The highest BCUT2D eigenvalue weighted by Crippen LogP contribution is 2.33. The number of amides is 2. The van der Waals surface area contributed by atoms with Crippen molar-refractivity contribution in [3.05, 3.63) is 29.3 Å². The second-order valence-corrected chi connectivity index (χ2v) is 5.91. The van der Waals surface area contributed by atoms with E-state index in [1.165, 1.54) is 6.92 Å². The van der Waals surface area contributed by atoms with Crippen LogP contribution >= 0.6 is 0 Å². The lowest BCUT2D eigenvalue weighted by Crippen LogP contribution is -2.36. The van der Waals surface area contributed by atoms with Crippen molar-refractivity contribution in [1.82, 2.24) is 10.6 Å². The fourth-order valence-electron chi connectivity index (χ4n) is 2.31. The van der Waals surface area contributed by atoms with Crippen LogP contribution in [0.25, 0.3) is 0 Å². The van der Waals surface area contributed by atoms with Gasteiger partial charge in [-0.2, -0.15) is 0 Å². The van der Waals surface area contributed by atoms with Gasteiger partial charge in [-0.05, 0) is 32.0 Å². The fraction of sp³-hybridized carbons (Fsp3) is 0.438. The fourth-order valence-corrected chi connectivity index (χ4v) is 2.31. The second kappa shape index (κ2) is 6.17. The van der Waals surface area contributed by atoms with Gasteiger partial charge in [-0.25, -0.2) is 0 Å².